The fourth-order valence-corrected chi connectivity index (χ4v) is 3.69. The van der Waals surface area contributed by atoms with Gasteiger partial charge in [0, 0.05) is 21.8 Å². The molecule has 0 unspecified atom stereocenters. The van der Waals surface area contributed by atoms with Crippen LogP contribution in [0, 0.1) is 0 Å². The molecule has 0 saturated heterocycles. The van der Waals surface area contributed by atoms with Crippen molar-refractivity contribution in [1.82, 2.24) is 5.32 Å². The van der Waals surface area contributed by atoms with E-state index < -0.39 is 0 Å². The van der Waals surface area contributed by atoms with Crippen LogP contribution in [0.4, 0.5) is 0 Å². The number of thioether (sulfide) groups is 1. The number of ether oxygens (including phenoxy) is 1. The highest BCUT2D eigenvalue weighted by molar-refractivity contribution is 7.98. The van der Waals surface area contributed by atoms with Crippen LogP contribution in [0.2, 0.25) is 0 Å². The molecule has 4 heteroatoms. The maximum atomic E-state index is 12.6. The smallest absolute Gasteiger partial charge is 0.251 e. The van der Waals surface area contributed by atoms with Crippen LogP contribution in [-0.2, 0) is 5.75 Å². The minimum absolute atomic E-state index is 0.0873. The van der Waals surface area contributed by atoms with Gasteiger partial charge in [0.05, 0.1) is 13.2 Å². The molecule has 1 N–H and O–H groups in total. The van der Waals surface area contributed by atoms with E-state index in [1.807, 2.05) is 73.7 Å². The summed E-state index contributed by atoms with van der Waals surface area (Å²) in [6.45, 7) is 1.96. The number of methoxy groups -OCH3 is 1. The fourth-order valence-electron chi connectivity index (χ4n) is 2.82. The van der Waals surface area contributed by atoms with E-state index in [4.69, 9.17) is 4.74 Å². The van der Waals surface area contributed by atoms with E-state index in [1.165, 1.54) is 10.5 Å². The minimum Gasteiger partial charge on any atom is -0.496 e. The summed E-state index contributed by atoms with van der Waals surface area (Å²) in [5, 5.41) is 3.04. The molecule has 3 aromatic rings. The van der Waals surface area contributed by atoms with Crippen molar-refractivity contribution in [2.75, 3.05) is 7.11 Å². The van der Waals surface area contributed by atoms with Crippen molar-refractivity contribution in [1.29, 1.82) is 0 Å². The topological polar surface area (TPSA) is 38.3 Å². The Balaban J connectivity index is 1.60. The first-order valence-electron chi connectivity index (χ1n) is 8.88. The van der Waals surface area contributed by atoms with E-state index in [0.717, 1.165) is 17.1 Å². The number of rotatable bonds is 7. The zero-order chi connectivity index (χ0) is 19.1. The number of amides is 1. The highest BCUT2D eigenvalue weighted by atomic mass is 32.2. The SMILES string of the molecule is COc1ccccc1[C@H](C)NC(=O)c1ccc(CSc2ccccc2)cc1. The molecule has 3 nitrogen and oxygen atoms in total. The van der Waals surface area contributed by atoms with E-state index in [2.05, 4.69) is 17.4 Å². The monoisotopic (exact) mass is 377 g/mol. The van der Waals surface area contributed by atoms with Gasteiger partial charge in [-0.1, -0.05) is 48.5 Å². The summed E-state index contributed by atoms with van der Waals surface area (Å²) in [7, 11) is 1.64. The zero-order valence-electron chi connectivity index (χ0n) is 15.5. The van der Waals surface area contributed by atoms with Gasteiger partial charge >= 0.3 is 0 Å². The van der Waals surface area contributed by atoms with Gasteiger partial charge in [0.25, 0.3) is 5.91 Å². The van der Waals surface area contributed by atoms with Gasteiger partial charge in [-0.3, -0.25) is 4.79 Å². The highest BCUT2D eigenvalue weighted by Crippen LogP contribution is 2.25. The summed E-state index contributed by atoms with van der Waals surface area (Å²) in [4.78, 5) is 13.8. The summed E-state index contributed by atoms with van der Waals surface area (Å²) in [5.41, 5.74) is 2.81. The van der Waals surface area contributed by atoms with Crippen LogP contribution in [-0.4, -0.2) is 13.0 Å². The first-order chi connectivity index (χ1) is 13.2. The standard InChI is InChI=1S/C23H23NO2S/c1-17(21-10-6-7-11-22(21)26-2)24-23(25)19-14-12-18(13-15-19)16-27-20-8-4-3-5-9-20/h3-15,17H,16H2,1-2H3,(H,24,25)/t17-/m0/s1. The summed E-state index contributed by atoms with van der Waals surface area (Å²) in [6, 6.07) is 25.7. The fraction of sp³-hybridized carbons (Fsp3) is 0.174. The van der Waals surface area contributed by atoms with Crippen LogP contribution in [0.15, 0.2) is 83.8 Å². The highest BCUT2D eigenvalue weighted by Gasteiger charge is 2.14. The number of nitrogens with one attached hydrogen (secondary N) is 1. The number of benzene rings is 3. The van der Waals surface area contributed by atoms with Gasteiger partial charge < -0.3 is 10.1 Å². The molecule has 1 amide bonds. The molecule has 1 atom stereocenters. The summed E-state index contributed by atoms with van der Waals surface area (Å²) in [6.07, 6.45) is 0. The molecule has 3 rings (SSSR count). The van der Waals surface area contributed by atoms with Gasteiger partial charge in [-0.2, -0.15) is 0 Å². The number of para-hydroxylation sites is 1. The lowest BCUT2D eigenvalue weighted by atomic mass is 10.1. The van der Waals surface area contributed by atoms with Gasteiger partial charge in [0.2, 0.25) is 0 Å². The molecular formula is C23H23NO2S. The average Bonchev–Trinajstić information content (AvgIpc) is 2.73. The van der Waals surface area contributed by atoms with Crippen LogP contribution >= 0.6 is 11.8 Å². The first-order valence-corrected chi connectivity index (χ1v) is 9.86. The van der Waals surface area contributed by atoms with E-state index in [1.54, 1.807) is 18.9 Å². The molecule has 138 valence electrons. The van der Waals surface area contributed by atoms with Crippen LogP contribution in [0.5, 0.6) is 5.75 Å². The Hall–Kier alpha value is -2.72. The molecule has 0 aliphatic rings. The Bertz CT molecular complexity index is 878. The quantitative estimate of drug-likeness (QED) is 0.554. The predicted octanol–water partition coefficient (Wildman–Crippen LogP) is 5.48. The third-order valence-corrected chi connectivity index (χ3v) is 5.40. The van der Waals surface area contributed by atoms with Crippen molar-refractivity contribution in [3.63, 3.8) is 0 Å². The minimum atomic E-state index is -0.137. The van der Waals surface area contributed by atoms with Gasteiger partial charge in [0.15, 0.2) is 0 Å². The molecule has 3 aromatic carbocycles. The summed E-state index contributed by atoms with van der Waals surface area (Å²) >= 11 is 1.79. The lowest BCUT2D eigenvalue weighted by molar-refractivity contribution is 0.0939. The summed E-state index contributed by atoms with van der Waals surface area (Å²) < 4.78 is 5.38. The number of hydrogen-bond acceptors (Lipinski definition) is 3. The van der Waals surface area contributed by atoms with Crippen LogP contribution < -0.4 is 10.1 Å². The van der Waals surface area contributed by atoms with Crippen molar-refractivity contribution in [2.24, 2.45) is 0 Å². The molecule has 0 saturated carbocycles. The number of carbonyl (C=O) groups excluding carboxylic acids is 1. The van der Waals surface area contributed by atoms with Crippen molar-refractivity contribution in [3.05, 3.63) is 95.6 Å². The molecule has 0 aliphatic carbocycles. The first kappa shape index (κ1) is 19.1. The Kier molecular flexibility index (Phi) is 6.55. The molecule has 27 heavy (non-hydrogen) atoms. The van der Waals surface area contributed by atoms with Crippen molar-refractivity contribution >= 4 is 17.7 Å². The molecule has 0 bridgehead atoms. The summed E-state index contributed by atoms with van der Waals surface area (Å²) in [5.74, 6) is 1.57. The van der Waals surface area contributed by atoms with E-state index in [9.17, 15) is 4.79 Å². The van der Waals surface area contributed by atoms with E-state index in [0.29, 0.717) is 5.56 Å². The van der Waals surface area contributed by atoms with Gasteiger partial charge in [-0.25, -0.2) is 0 Å². The van der Waals surface area contributed by atoms with Gasteiger partial charge in [-0.15, -0.1) is 11.8 Å². The Morgan fingerprint density at radius 3 is 2.33 bits per heavy atom. The predicted molar refractivity (Wildman–Crippen MR) is 111 cm³/mol. The molecule has 0 aliphatic heterocycles. The van der Waals surface area contributed by atoms with Crippen molar-refractivity contribution < 1.29 is 9.53 Å². The lowest BCUT2D eigenvalue weighted by Crippen LogP contribution is -2.26. The second kappa shape index (κ2) is 9.28. The largest absolute Gasteiger partial charge is 0.496 e. The van der Waals surface area contributed by atoms with Crippen LogP contribution in [0.1, 0.15) is 34.5 Å². The Labute approximate surface area is 164 Å². The lowest BCUT2D eigenvalue weighted by Gasteiger charge is -2.17. The molecule has 0 fully saturated rings. The third kappa shape index (κ3) is 5.14. The molecule has 0 radical (unpaired) electrons. The number of carbonyl (C=O) groups is 1. The maximum Gasteiger partial charge on any atom is 0.251 e. The van der Waals surface area contributed by atoms with Crippen molar-refractivity contribution in [2.45, 2.75) is 23.6 Å². The van der Waals surface area contributed by atoms with Crippen LogP contribution in [0.3, 0.4) is 0 Å². The molecule has 0 spiro atoms. The van der Waals surface area contributed by atoms with Gasteiger partial charge in [-0.05, 0) is 42.8 Å². The van der Waals surface area contributed by atoms with E-state index >= 15 is 0 Å². The second-order valence-electron chi connectivity index (χ2n) is 6.24. The van der Waals surface area contributed by atoms with Crippen LogP contribution in [0.25, 0.3) is 0 Å². The average molecular weight is 378 g/mol. The van der Waals surface area contributed by atoms with E-state index in [-0.39, 0.29) is 11.9 Å². The number of hydrogen-bond donors (Lipinski definition) is 1. The Morgan fingerprint density at radius 1 is 0.963 bits per heavy atom. The second-order valence-corrected chi connectivity index (χ2v) is 7.28. The van der Waals surface area contributed by atoms with Gasteiger partial charge in [0.1, 0.15) is 5.75 Å². The third-order valence-electron chi connectivity index (χ3n) is 4.32. The Morgan fingerprint density at radius 2 is 1.63 bits per heavy atom. The maximum absolute atomic E-state index is 12.6. The van der Waals surface area contributed by atoms with Crippen molar-refractivity contribution in [3.8, 4) is 5.75 Å². The normalized spacial score (nSPS) is 11.6. The molecule has 0 aromatic heterocycles. The molecular weight excluding hydrogens is 354 g/mol. The molecule has 0 heterocycles. The zero-order valence-corrected chi connectivity index (χ0v) is 16.3.